The molecule has 0 saturated heterocycles. The molecule has 2 aromatic heterocycles. The van der Waals surface area contributed by atoms with Crippen molar-refractivity contribution in [2.45, 2.75) is 19.1 Å². The van der Waals surface area contributed by atoms with Gasteiger partial charge in [-0.2, -0.15) is 22.7 Å². The van der Waals surface area contributed by atoms with Crippen molar-refractivity contribution < 1.29 is 17.9 Å². The number of fused-ring (bicyclic) bond motifs is 1. The number of hydrogen-bond acceptors (Lipinski definition) is 6. The lowest BCUT2D eigenvalue weighted by Crippen LogP contribution is -2.28. The van der Waals surface area contributed by atoms with Gasteiger partial charge in [-0.05, 0) is 27.1 Å². The quantitative estimate of drug-likeness (QED) is 0.693. The molecule has 3 rings (SSSR count). The predicted molar refractivity (Wildman–Crippen MR) is 98.4 cm³/mol. The Bertz CT molecular complexity index is 970. The van der Waals surface area contributed by atoms with Crippen molar-refractivity contribution in [2.75, 3.05) is 33.1 Å². The number of hydrogen-bond donors (Lipinski definition) is 1. The molecule has 10 heteroatoms. The molecule has 7 nitrogen and oxygen atoms in total. The Labute approximate surface area is 160 Å². The van der Waals surface area contributed by atoms with Gasteiger partial charge in [-0.15, -0.1) is 5.10 Å². The molecule has 0 aliphatic heterocycles. The summed E-state index contributed by atoms with van der Waals surface area (Å²) in [4.78, 5) is 9.53. The largest absolute Gasteiger partial charge is 0.496 e. The number of halogens is 3. The summed E-state index contributed by atoms with van der Waals surface area (Å²) in [5, 5.41) is 6.75. The van der Waals surface area contributed by atoms with Gasteiger partial charge in [0.1, 0.15) is 11.6 Å². The van der Waals surface area contributed by atoms with Crippen molar-refractivity contribution >= 4 is 11.6 Å². The van der Waals surface area contributed by atoms with Crippen LogP contribution in [0.25, 0.3) is 5.78 Å². The fourth-order valence-electron chi connectivity index (χ4n) is 2.95. The third-order valence-corrected chi connectivity index (χ3v) is 4.29. The Morgan fingerprint density at radius 1 is 1.21 bits per heavy atom. The minimum absolute atomic E-state index is 0.0923. The molecule has 3 aromatic rings. The maximum absolute atomic E-state index is 13.0. The van der Waals surface area contributed by atoms with Gasteiger partial charge in [0.15, 0.2) is 0 Å². The summed E-state index contributed by atoms with van der Waals surface area (Å²) in [6.07, 6.45) is -4.64. The number of likely N-dealkylation sites (N-methyl/N-ethyl adjacent to an activating group) is 1. The van der Waals surface area contributed by atoms with Gasteiger partial charge in [0, 0.05) is 23.9 Å². The van der Waals surface area contributed by atoms with E-state index in [1.165, 1.54) is 0 Å². The van der Waals surface area contributed by atoms with E-state index in [4.69, 9.17) is 4.74 Å². The van der Waals surface area contributed by atoms with Crippen LogP contribution < -0.4 is 10.1 Å². The fourth-order valence-corrected chi connectivity index (χ4v) is 2.95. The Hall–Kier alpha value is -2.88. The molecule has 0 fully saturated rings. The van der Waals surface area contributed by atoms with Gasteiger partial charge in [-0.25, -0.2) is 4.98 Å². The summed E-state index contributed by atoms with van der Waals surface area (Å²) in [5.74, 6) is -0.206. The standard InChI is InChI=1S/C18H21F3N6O/c1-11-9-15(27-17(23-11)24-16(25-27)18(19,20)21)22-10-13(26(2)3)12-7-5-6-8-14(12)28-4/h5-9,13,22H,10H2,1-4H3. The van der Waals surface area contributed by atoms with E-state index in [0.29, 0.717) is 18.1 Å². The number of nitrogens with zero attached hydrogens (tertiary/aromatic N) is 5. The summed E-state index contributed by atoms with van der Waals surface area (Å²) in [5.41, 5.74) is 1.49. The molecule has 0 radical (unpaired) electrons. The van der Waals surface area contributed by atoms with E-state index < -0.39 is 12.0 Å². The SMILES string of the molecule is COc1ccccc1C(CNc1cc(C)nc2nc(C(F)(F)F)nn12)N(C)C. The van der Waals surface area contributed by atoms with Crippen LogP contribution in [0.2, 0.25) is 0 Å². The molecule has 1 aromatic carbocycles. The highest BCUT2D eigenvalue weighted by Crippen LogP contribution is 2.29. The Balaban J connectivity index is 1.94. The topological polar surface area (TPSA) is 67.6 Å². The number of anilines is 1. The zero-order chi connectivity index (χ0) is 20.5. The fraction of sp³-hybridized carbons (Fsp3) is 0.389. The lowest BCUT2D eigenvalue weighted by Gasteiger charge is -2.27. The first-order chi connectivity index (χ1) is 13.2. The van der Waals surface area contributed by atoms with Gasteiger partial charge in [-0.1, -0.05) is 18.2 Å². The van der Waals surface area contributed by atoms with Gasteiger partial charge in [0.25, 0.3) is 11.6 Å². The number of rotatable bonds is 6. The van der Waals surface area contributed by atoms with Crippen LogP contribution in [0.3, 0.4) is 0 Å². The van der Waals surface area contributed by atoms with Crippen LogP contribution in [0, 0.1) is 6.92 Å². The van der Waals surface area contributed by atoms with E-state index in [9.17, 15) is 13.2 Å². The average Bonchev–Trinajstić information content (AvgIpc) is 3.06. The van der Waals surface area contributed by atoms with E-state index in [-0.39, 0.29) is 11.8 Å². The lowest BCUT2D eigenvalue weighted by atomic mass is 10.0. The van der Waals surface area contributed by atoms with Crippen LogP contribution in [0.4, 0.5) is 19.0 Å². The molecular formula is C18H21F3N6O. The van der Waals surface area contributed by atoms with Gasteiger partial charge in [0.05, 0.1) is 13.2 Å². The molecule has 1 unspecified atom stereocenters. The minimum atomic E-state index is -4.64. The third kappa shape index (κ3) is 4.01. The first-order valence-corrected chi connectivity index (χ1v) is 8.55. The zero-order valence-electron chi connectivity index (χ0n) is 15.9. The first-order valence-electron chi connectivity index (χ1n) is 8.55. The molecule has 0 aliphatic carbocycles. The summed E-state index contributed by atoms with van der Waals surface area (Å²) in [7, 11) is 5.44. The van der Waals surface area contributed by atoms with Crippen LogP contribution in [0.1, 0.15) is 23.1 Å². The molecule has 0 saturated carbocycles. The highest BCUT2D eigenvalue weighted by molar-refractivity contribution is 5.46. The summed E-state index contributed by atoms with van der Waals surface area (Å²) in [6, 6.07) is 9.16. The van der Waals surface area contributed by atoms with Crippen LogP contribution in [0.15, 0.2) is 30.3 Å². The Morgan fingerprint density at radius 2 is 1.93 bits per heavy atom. The number of aromatic nitrogens is 4. The van der Waals surface area contributed by atoms with Crippen molar-refractivity contribution in [1.29, 1.82) is 0 Å². The molecule has 28 heavy (non-hydrogen) atoms. The average molecular weight is 394 g/mol. The van der Waals surface area contributed by atoms with E-state index >= 15 is 0 Å². The van der Waals surface area contributed by atoms with Crippen LogP contribution in [-0.2, 0) is 6.18 Å². The number of benzene rings is 1. The molecule has 0 spiro atoms. The lowest BCUT2D eigenvalue weighted by molar-refractivity contribution is -0.144. The second-order valence-electron chi connectivity index (χ2n) is 6.53. The Kier molecular flexibility index (Phi) is 5.41. The van der Waals surface area contributed by atoms with Crippen LogP contribution in [0.5, 0.6) is 5.75 Å². The molecule has 0 aliphatic rings. The van der Waals surface area contributed by atoms with Crippen molar-refractivity contribution in [3.8, 4) is 5.75 Å². The molecule has 2 heterocycles. The number of alkyl halides is 3. The maximum atomic E-state index is 13.0. The van der Waals surface area contributed by atoms with Gasteiger partial charge in [0.2, 0.25) is 0 Å². The first kappa shape index (κ1) is 19.9. The van der Waals surface area contributed by atoms with Crippen molar-refractivity contribution in [3.63, 3.8) is 0 Å². The van der Waals surface area contributed by atoms with Crippen molar-refractivity contribution in [3.05, 3.63) is 47.4 Å². The third-order valence-electron chi connectivity index (χ3n) is 4.29. The van der Waals surface area contributed by atoms with Crippen molar-refractivity contribution in [2.24, 2.45) is 0 Å². The maximum Gasteiger partial charge on any atom is 0.453 e. The predicted octanol–water partition coefficient (Wildman–Crippen LogP) is 3.17. The molecule has 150 valence electrons. The van der Waals surface area contributed by atoms with E-state index in [0.717, 1.165) is 15.8 Å². The summed E-state index contributed by atoms with van der Waals surface area (Å²) >= 11 is 0. The molecule has 1 N–H and O–H groups in total. The number of methoxy groups -OCH3 is 1. The van der Waals surface area contributed by atoms with Crippen LogP contribution in [-0.4, -0.2) is 52.2 Å². The van der Waals surface area contributed by atoms with E-state index in [1.54, 1.807) is 20.1 Å². The van der Waals surface area contributed by atoms with Gasteiger partial charge >= 0.3 is 6.18 Å². The molecule has 1 atom stereocenters. The molecular weight excluding hydrogens is 373 g/mol. The second kappa shape index (κ2) is 7.63. The van der Waals surface area contributed by atoms with E-state index in [2.05, 4.69) is 20.4 Å². The Morgan fingerprint density at radius 3 is 2.57 bits per heavy atom. The zero-order valence-corrected chi connectivity index (χ0v) is 15.9. The van der Waals surface area contributed by atoms with E-state index in [1.807, 2.05) is 43.3 Å². The highest BCUT2D eigenvalue weighted by atomic mass is 19.4. The summed E-state index contributed by atoms with van der Waals surface area (Å²) < 4.78 is 45.4. The van der Waals surface area contributed by atoms with Gasteiger partial charge < -0.3 is 15.0 Å². The molecule has 0 bridgehead atoms. The smallest absolute Gasteiger partial charge is 0.453 e. The second-order valence-corrected chi connectivity index (χ2v) is 6.53. The molecule has 0 amide bonds. The normalized spacial score (nSPS) is 13.1. The van der Waals surface area contributed by atoms with Crippen LogP contribution >= 0.6 is 0 Å². The monoisotopic (exact) mass is 394 g/mol. The number of para-hydroxylation sites is 1. The highest BCUT2D eigenvalue weighted by Gasteiger charge is 2.37. The van der Waals surface area contributed by atoms with Gasteiger partial charge in [-0.3, -0.25) is 0 Å². The number of aryl methyl sites for hydroxylation is 1. The number of ether oxygens (including phenoxy) is 1. The minimum Gasteiger partial charge on any atom is -0.496 e. The van der Waals surface area contributed by atoms with Crippen molar-refractivity contribution in [1.82, 2.24) is 24.5 Å². The number of nitrogens with one attached hydrogen (secondary N) is 1. The summed E-state index contributed by atoms with van der Waals surface area (Å²) in [6.45, 7) is 2.10.